The van der Waals surface area contributed by atoms with Gasteiger partial charge in [0.1, 0.15) is 0 Å². The molecule has 1 aliphatic carbocycles. The molecule has 1 saturated carbocycles. The zero-order valence-electron chi connectivity index (χ0n) is 12.6. The summed E-state index contributed by atoms with van der Waals surface area (Å²) in [6.45, 7) is 0. The van der Waals surface area contributed by atoms with Gasteiger partial charge in [-0.15, -0.1) is 0 Å². The fraction of sp³-hybridized carbons (Fsp3) is 0.500. The second kappa shape index (κ2) is 7.22. The Labute approximate surface area is 125 Å². The van der Waals surface area contributed by atoms with Crippen molar-refractivity contribution in [3.05, 3.63) is 35.4 Å². The number of hydrogen-bond acceptors (Lipinski definition) is 3. The van der Waals surface area contributed by atoms with E-state index in [1.165, 1.54) is 26.4 Å². The van der Waals surface area contributed by atoms with E-state index in [1.54, 1.807) is 31.3 Å². The highest BCUT2D eigenvalue weighted by atomic mass is 16.7. The summed E-state index contributed by atoms with van der Waals surface area (Å²) in [6, 6.07) is 6.93. The standard InChI is InChI=1S/C16H22N2O3/c1-18(21-2)16(20)13-10-8-12(9-11-13)15(19)17-14-6-4-3-5-7-14/h8-11,14H,3-7H2,1-2H3,(H,17,19). The molecule has 0 atom stereocenters. The van der Waals surface area contributed by atoms with Gasteiger partial charge in [-0.1, -0.05) is 19.3 Å². The number of nitrogens with one attached hydrogen (secondary N) is 1. The van der Waals surface area contributed by atoms with E-state index in [0.29, 0.717) is 11.1 Å². The fourth-order valence-corrected chi connectivity index (χ4v) is 2.54. The van der Waals surface area contributed by atoms with E-state index in [9.17, 15) is 9.59 Å². The van der Waals surface area contributed by atoms with Crippen LogP contribution in [0.3, 0.4) is 0 Å². The summed E-state index contributed by atoms with van der Waals surface area (Å²) in [5, 5.41) is 4.21. The number of hydrogen-bond donors (Lipinski definition) is 1. The molecule has 1 aromatic carbocycles. The van der Waals surface area contributed by atoms with Crippen LogP contribution >= 0.6 is 0 Å². The zero-order chi connectivity index (χ0) is 15.2. The third-order valence-electron chi connectivity index (χ3n) is 3.89. The van der Waals surface area contributed by atoms with Crippen LogP contribution in [0.25, 0.3) is 0 Å². The molecule has 21 heavy (non-hydrogen) atoms. The van der Waals surface area contributed by atoms with Crippen molar-refractivity contribution in [1.82, 2.24) is 10.4 Å². The van der Waals surface area contributed by atoms with Crippen LogP contribution < -0.4 is 5.32 Å². The summed E-state index contributed by atoms with van der Waals surface area (Å²) in [6.07, 6.45) is 5.74. The van der Waals surface area contributed by atoms with Gasteiger partial charge in [0.05, 0.1) is 7.11 Å². The molecule has 0 heterocycles. The molecular formula is C16H22N2O3. The highest BCUT2D eigenvalue weighted by molar-refractivity contribution is 5.97. The SMILES string of the molecule is CON(C)C(=O)c1ccc(C(=O)NC2CCCCC2)cc1. The van der Waals surface area contributed by atoms with Crippen molar-refractivity contribution in [2.24, 2.45) is 0 Å². The molecule has 0 spiro atoms. The van der Waals surface area contributed by atoms with E-state index in [2.05, 4.69) is 5.32 Å². The minimum absolute atomic E-state index is 0.0685. The van der Waals surface area contributed by atoms with Crippen molar-refractivity contribution in [2.75, 3.05) is 14.2 Å². The topological polar surface area (TPSA) is 58.6 Å². The highest BCUT2D eigenvalue weighted by Gasteiger charge is 2.17. The van der Waals surface area contributed by atoms with Crippen molar-refractivity contribution in [1.29, 1.82) is 0 Å². The molecule has 0 unspecified atom stereocenters. The first kappa shape index (κ1) is 15.5. The maximum atomic E-state index is 12.2. The van der Waals surface area contributed by atoms with Crippen LogP contribution in [0.2, 0.25) is 0 Å². The molecule has 2 rings (SSSR count). The summed E-state index contributed by atoms with van der Waals surface area (Å²) in [4.78, 5) is 28.9. The Morgan fingerprint density at radius 2 is 1.67 bits per heavy atom. The molecular weight excluding hydrogens is 268 g/mol. The van der Waals surface area contributed by atoms with E-state index in [-0.39, 0.29) is 17.9 Å². The smallest absolute Gasteiger partial charge is 0.277 e. The maximum Gasteiger partial charge on any atom is 0.277 e. The van der Waals surface area contributed by atoms with Crippen molar-refractivity contribution in [3.8, 4) is 0 Å². The van der Waals surface area contributed by atoms with E-state index in [1.807, 2.05) is 0 Å². The zero-order valence-corrected chi connectivity index (χ0v) is 12.6. The summed E-state index contributed by atoms with van der Waals surface area (Å²) in [5.74, 6) is -0.308. The van der Waals surface area contributed by atoms with Gasteiger partial charge in [-0.3, -0.25) is 14.4 Å². The minimum atomic E-state index is -0.239. The molecule has 0 saturated heterocycles. The lowest BCUT2D eigenvalue weighted by molar-refractivity contribution is -0.0757. The molecule has 5 heteroatoms. The Bertz CT molecular complexity index is 493. The summed E-state index contributed by atoms with van der Waals surface area (Å²) in [7, 11) is 2.98. The predicted molar refractivity (Wildman–Crippen MR) is 79.9 cm³/mol. The van der Waals surface area contributed by atoms with Gasteiger partial charge in [0.15, 0.2) is 0 Å². The molecule has 1 aliphatic rings. The van der Waals surface area contributed by atoms with E-state index in [4.69, 9.17) is 4.84 Å². The molecule has 1 fully saturated rings. The van der Waals surface area contributed by atoms with E-state index >= 15 is 0 Å². The number of rotatable bonds is 4. The minimum Gasteiger partial charge on any atom is -0.349 e. The van der Waals surface area contributed by atoms with Gasteiger partial charge in [0, 0.05) is 24.2 Å². The quantitative estimate of drug-likeness (QED) is 0.866. The van der Waals surface area contributed by atoms with Gasteiger partial charge in [-0.2, -0.15) is 0 Å². The van der Waals surface area contributed by atoms with Gasteiger partial charge in [0.2, 0.25) is 0 Å². The third kappa shape index (κ3) is 4.04. The van der Waals surface area contributed by atoms with Crippen molar-refractivity contribution < 1.29 is 14.4 Å². The predicted octanol–water partition coefficient (Wildman–Crippen LogP) is 2.38. The van der Waals surface area contributed by atoms with Crippen molar-refractivity contribution in [3.63, 3.8) is 0 Å². The monoisotopic (exact) mass is 290 g/mol. The average Bonchev–Trinajstić information content (AvgIpc) is 2.54. The second-order valence-corrected chi connectivity index (χ2v) is 5.37. The van der Waals surface area contributed by atoms with Crippen LogP contribution in [-0.2, 0) is 4.84 Å². The van der Waals surface area contributed by atoms with Crippen molar-refractivity contribution >= 4 is 11.8 Å². The Morgan fingerprint density at radius 3 is 2.24 bits per heavy atom. The first-order chi connectivity index (χ1) is 10.1. The Balaban J connectivity index is 1.97. The molecule has 0 aromatic heterocycles. The molecule has 1 N–H and O–H groups in total. The number of carbonyl (C=O) groups excluding carboxylic acids is 2. The lowest BCUT2D eigenvalue weighted by atomic mass is 9.95. The van der Waals surface area contributed by atoms with E-state index < -0.39 is 0 Å². The maximum absolute atomic E-state index is 12.2. The Kier molecular flexibility index (Phi) is 5.33. The number of benzene rings is 1. The molecule has 5 nitrogen and oxygen atoms in total. The van der Waals surface area contributed by atoms with Gasteiger partial charge in [-0.25, -0.2) is 5.06 Å². The molecule has 0 aliphatic heterocycles. The number of amides is 2. The number of carbonyl (C=O) groups is 2. The van der Waals surface area contributed by atoms with Gasteiger partial charge in [0.25, 0.3) is 11.8 Å². The van der Waals surface area contributed by atoms with Gasteiger partial charge in [-0.05, 0) is 37.1 Å². The number of nitrogens with zero attached hydrogens (tertiary/aromatic N) is 1. The van der Waals surface area contributed by atoms with Crippen LogP contribution in [-0.4, -0.2) is 37.1 Å². The first-order valence-electron chi connectivity index (χ1n) is 7.35. The van der Waals surface area contributed by atoms with E-state index in [0.717, 1.165) is 17.9 Å². The van der Waals surface area contributed by atoms with Gasteiger partial charge >= 0.3 is 0 Å². The lowest BCUT2D eigenvalue weighted by Crippen LogP contribution is -2.36. The van der Waals surface area contributed by atoms with Crippen molar-refractivity contribution in [2.45, 2.75) is 38.1 Å². The second-order valence-electron chi connectivity index (χ2n) is 5.37. The summed E-state index contributed by atoms with van der Waals surface area (Å²) in [5.41, 5.74) is 1.07. The normalized spacial score (nSPS) is 15.5. The molecule has 2 amide bonds. The molecule has 0 bridgehead atoms. The molecule has 0 radical (unpaired) electrons. The Hall–Kier alpha value is -1.88. The van der Waals surface area contributed by atoms with Crippen LogP contribution in [0.4, 0.5) is 0 Å². The lowest BCUT2D eigenvalue weighted by Gasteiger charge is -2.22. The molecule has 1 aromatic rings. The largest absolute Gasteiger partial charge is 0.349 e. The van der Waals surface area contributed by atoms with Gasteiger partial charge < -0.3 is 5.32 Å². The average molecular weight is 290 g/mol. The van der Waals surface area contributed by atoms with Crippen LogP contribution in [0.1, 0.15) is 52.8 Å². The fourth-order valence-electron chi connectivity index (χ4n) is 2.54. The summed E-state index contributed by atoms with van der Waals surface area (Å²) < 4.78 is 0. The third-order valence-corrected chi connectivity index (χ3v) is 3.89. The molecule has 114 valence electrons. The first-order valence-corrected chi connectivity index (χ1v) is 7.35. The van der Waals surface area contributed by atoms with Crippen LogP contribution in [0.15, 0.2) is 24.3 Å². The van der Waals surface area contributed by atoms with Crippen LogP contribution in [0.5, 0.6) is 0 Å². The highest BCUT2D eigenvalue weighted by Crippen LogP contribution is 2.18. The van der Waals surface area contributed by atoms with Crippen LogP contribution in [0, 0.1) is 0 Å². The summed E-state index contributed by atoms with van der Waals surface area (Å²) >= 11 is 0. The number of hydroxylamine groups is 2. The Morgan fingerprint density at radius 1 is 1.10 bits per heavy atom.